The zero-order valence-electron chi connectivity index (χ0n) is 28.5. The number of fused-ring (bicyclic) bond motifs is 3. The summed E-state index contributed by atoms with van der Waals surface area (Å²) in [4.78, 5) is 20.2. The van der Waals surface area contributed by atoms with Gasteiger partial charge in [0.15, 0.2) is 17.5 Å². The third-order valence-electron chi connectivity index (χ3n) is 9.55. The summed E-state index contributed by atoms with van der Waals surface area (Å²) in [6.45, 7) is 0. The molecule has 0 saturated carbocycles. The Hall–Kier alpha value is -7.38. The largest absolute Gasteiger partial charge is 0.398 e. The van der Waals surface area contributed by atoms with E-state index in [0.29, 0.717) is 28.7 Å². The highest BCUT2D eigenvalue weighted by Gasteiger charge is 2.25. The lowest BCUT2D eigenvalue weighted by molar-refractivity contribution is 1.07. The number of allylic oxidation sites excluding steroid dienone is 1. The van der Waals surface area contributed by atoms with Crippen molar-refractivity contribution in [1.29, 1.82) is 10.8 Å². The van der Waals surface area contributed by atoms with Gasteiger partial charge in [0.1, 0.15) is 0 Å². The van der Waals surface area contributed by atoms with Crippen LogP contribution in [0.4, 0.5) is 5.69 Å². The van der Waals surface area contributed by atoms with Crippen molar-refractivity contribution < 1.29 is 0 Å². The van der Waals surface area contributed by atoms with E-state index in [1.807, 2.05) is 140 Å². The second-order valence-electron chi connectivity index (χ2n) is 12.8. The molecule has 0 amide bonds. The summed E-state index contributed by atoms with van der Waals surface area (Å²) in [6, 6.07) is 49.9. The fourth-order valence-electron chi connectivity index (χ4n) is 6.99. The van der Waals surface area contributed by atoms with Gasteiger partial charge in [-0.05, 0) is 53.1 Å². The average Bonchev–Trinajstić information content (AvgIpc) is 3.22. The van der Waals surface area contributed by atoms with Crippen molar-refractivity contribution in [3.05, 3.63) is 169 Å². The first-order valence-corrected chi connectivity index (χ1v) is 17.3. The van der Waals surface area contributed by atoms with Crippen LogP contribution in [0.5, 0.6) is 0 Å². The molecule has 250 valence electrons. The summed E-state index contributed by atoms with van der Waals surface area (Å²) in [6.07, 6.45) is 3.59. The van der Waals surface area contributed by atoms with Crippen LogP contribution >= 0.6 is 0 Å². The van der Waals surface area contributed by atoms with E-state index in [4.69, 9.17) is 36.5 Å². The Morgan fingerprint density at radius 1 is 0.434 bits per heavy atom. The minimum Gasteiger partial charge on any atom is -0.398 e. The van der Waals surface area contributed by atoms with Gasteiger partial charge in [0.2, 0.25) is 0 Å². The lowest BCUT2D eigenvalue weighted by Gasteiger charge is -2.21. The number of para-hydroxylation sites is 1. The van der Waals surface area contributed by atoms with Crippen LogP contribution in [-0.2, 0) is 0 Å². The van der Waals surface area contributed by atoms with Crippen LogP contribution in [0.15, 0.2) is 158 Å². The van der Waals surface area contributed by atoms with Crippen LogP contribution in [0.25, 0.3) is 84.7 Å². The monoisotopic (exact) mass is 681 g/mol. The van der Waals surface area contributed by atoms with Crippen LogP contribution in [0.2, 0.25) is 0 Å². The predicted molar refractivity (Wildman–Crippen MR) is 216 cm³/mol. The molecule has 1 aliphatic carbocycles. The summed E-state index contributed by atoms with van der Waals surface area (Å²) in [5.74, 6) is 1.66. The van der Waals surface area contributed by atoms with E-state index < -0.39 is 0 Å². The SMILES string of the molecule is N=C1C=Cc2c(-c3ccccc3)nc3cccc(-c4ccc(-c5nc(-c6ccccc6)nc(-c6ccccc6)n5)c(-c5ccccc5N)c4)c3c2C1=N. The van der Waals surface area contributed by atoms with E-state index in [9.17, 15) is 0 Å². The van der Waals surface area contributed by atoms with Gasteiger partial charge in [-0.3, -0.25) is 10.8 Å². The van der Waals surface area contributed by atoms with E-state index in [1.54, 1.807) is 6.08 Å². The molecule has 9 rings (SSSR count). The number of rotatable bonds is 6. The van der Waals surface area contributed by atoms with Gasteiger partial charge in [0.05, 0.1) is 22.6 Å². The summed E-state index contributed by atoms with van der Waals surface area (Å²) < 4.78 is 0. The quantitative estimate of drug-likeness (QED) is 0.151. The van der Waals surface area contributed by atoms with E-state index in [2.05, 4.69) is 18.2 Å². The molecule has 0 saturated heterocycles. The molecule has 0 fully saturated rings. The zero-order chi connectivity index (χ0) is 35.9. The van der Waals surface area contributed by atoms with Crippen LogP contribution in [-0.4, -0.2) is 31.4 Å². The smallest absolute Gasteiger partial charge is 0.164 e. The molecule has 0 aliphatic heterocycles. The summed E-state index contributed by atoms with van der Waals surface area (Å²) >= 11 is 0. The molecule has 6 aromatic carbocycles. The molecule has 0 atom stereocenters. The normalized spacial score (nSPS) is 12.2. The van der Waals surface area contributed by atoms with Gasteiger partial charge >= 0.3 is 0 Å². The topological polar surface area (TPSA) is 125 Å². The van der Waals surface area contributed by atoms with Gasteiger partial charge in [0.25, 0.3) is 0 Å². The van der Waals surface area contributed by atoms with Gasteiger partial charge < -0.3 is 5.73 Å². The first kappa shape index (κ1) is 31.6. The van der Waals surface area contributed by atoms with Gasteiger partial charge in [-0.1, -0.05) is 127 Å². The highest BCUT2D eigenvalue weighted by molar-refractivity contribution is 6.54. The number of anilines is 1. The van der Waals surface area contributed by atoms with Crippen molar-refractivity contribution in [2.45, 2.75) is 0 Å². The van der Waals surface area contributed by atoms with Gasteiger partial charge in [-0.2, -0.15) is 0 Å². The third kappa shape index (κ3) is 5.66. The molecule has 2 heterocycles. The number of hydrogen-bond donors (Lipinski definition) is 3. The fourth-order valence-corrected chi connectivity index (χ4v) is 6.99. The molecule has 53 heavy (non-hydrogen) atoms. The molecule has 0 unspecified atom stereocenters. The number of pyridine rings is 1. The maximum Gasteiger partial charge on any atom is 0.164 e. The molecule has 8 aromatic rings. The third-order valence-corrected chi connectivity index (χ3v) is 9.55. The van der Waals surface area contributed by atoms with Crippen molar-refractivity contribution in [2.24, 2.45) is 0 Å². The van der Waals surface area contributed by atoms with E-state index >= 15 is 0 Å². The second-order valence-corrected chi connectivity index (χ2v) is 12.8. The number of nitrogens with one attached hydrogen (secondary N) is 2. The van der Waals surface area contributed by atoms with Gasteiger partial charge in [-0.25, -0.2) is 19.9 Å². The van der Waals surface area contributed by atoms with Crippen molar-refractivity contribution in [3.63, 3.8) is 0 Å². The van der Waals surface area contributed by atoms with E-state index in [0.717, 1.165) is 66.7 Å². The summed E-state index contributed by atoms with van der Waals surface area (Å²) in [5, 5.41) is 18.6. The van der Waals surface area contributed by atoms with Crippen LogP contribution < -0.4 is 5.73 Å². The van der Waals surface area contributed by atoms with Crippen molar-refractivity contribution >= 4 is 34.1 Å². The predicted octanol–water partition coefficient (Wildman–Crippen LogP) is 10.4. The standard InChI is InChI=1S/C46H31N7/c47-37-21-11-10-19-33(37)36-27-31(23-24-34(36)46-52-44(29-15-6-2-7-16-29)51-45(53-46)30-17-8-3-9-18-30)32-20-12-22-39-40(32)41-35(25-26-38(48)42(41)49)43(50-39)28-13-4-1-5-14-28/h1-27,48-49H,47H2. The maximum absolute atomic E-state index is 9.17. The first-order chi connectivity index (χ1) is 26.0. The summed E-state index contributed by atoms with van der Waals surface area (Å²) in [7, 11) is 0. The molecule has 1 aliphatic rings. The minimum atomic E-state index is 0.158. The Morgan fingerprint density at radius 2 is 1.02 bits per heavy atom. The molecule has 0 radical (unpaired) electrons. The second kappa shape index (κ2) is 13.1. The average molecular weight is 682 g/mol. The van der Waals surface area contributed by atoms with E-state index in [-0.39, 0.29) is 11.4 Å². The first-order valence-electron chi connectivity index (χ1n) is 17.3. The highest BCUT2D eigenvalue weighted by atomic mass is 15.0. The maximum atomic E-state index is 9.17. The molecular formula is C46H31N7. The van der Waals surface area contributed by atoms with Crippen molar-refractivity contribution in [2.75, 3.05) is 5.73 Å². The molecule has 7 heteroatoms. The lowest BCUT2D eigenvalue weighted by Crippen LogP contribution is -2.18. The Balaban J connectivity index is 1.30. The molecule has 0 bridgehead atoms. The zero-order valence-corrected chi connectivity index (χ0v) is 28.5. The number of nitrogen functional groups attached to an aromatic ring is 1. The Labute approximate surface area is 306 Å². The van der Waals surface area contributed by atoms with Crippen LogP contribution in [0.3, 0.4) is 0 Å². The van der Waals surface area contributed by atoms with E-state index in [1.165, 1.54) is 0 Å². The van der Waals surface area contributed by atoms with Gasteiger partial charge in [-0.15, -0.1) is 0 Å². The number of nitrogens with zero attached hydrogens (tertiary/aromatic N) is 4. The molecular weight excluding hydrogens is 651 g/mol. The lowest BCUT2D eigenvalue weighted by atomic mass is 9.84. The number of hydrogen-bond acceptors (Lipinski definition) is 7. The Kier molecular flexibility index (Phi) is 7.79. The number of aromatic nitrogens is 4. The number of nitrogens with two attached hydrogens (primary N) is 1. The highest BCUT2D eigenvalue weighted by Crippen LogP contribution is 2.42. The Bertz CT molecular complexity index is 2700. The Morgan fingerprint density at radius 3 is 1.68 bits per heavy atom. The minimum absolute atomic E-state index is 0.158. The molecule has 0 spiro atoms. The number of benzene rings is 6. The molecule has 7 nitrogen and oxygen atoms in total. The van der Waals surface area contributed by atoms with Gasteiger partial charge in [0, 0.05) is 50.0 Å². The summed E-state index contributed by atoms with van der Waals surface area (Å²) in [5.41, 5.74) is 17.7. The molecule has 2 aromatic heterocycles. The van der Waals surface area contributed by atoms with Crippen LogP contribution in [0.1, 0.15) is 11.1 Å². The van der Waals surface area contributed by atoms with Crippen molar-refractivity contribution in [1.82, 2.24) is 19.9 Å². The fraction of sp³-hybridized carbons (Fsp3) is 0. The van der Waals surface area contributed by atoms with Crippen LogP contribution in [0, 0.1) is 10.8 Å². The van der Waals surface area contributed by atoms with Crippen molar-refractivity contribution in [3.8, 4) is 67.7 Å². The molecule has 4 N–H and O–H groups in total.